The van der Waals surface area contributed by atoms with Gasteiger partial charge in [0.2, 0.25) is 0 Å². The first-order valence-corrected chi connectivity index (χ1v) is 5.28. The standard InChI is InChI=1S/C14H12O2/c1-15-12-7-4-8-13-14(12)11-6-3-2-5-10(11)9-16-13/h2-9,13H,1H3. The van der Waals surface area contributed by atoms with Gasteiger partial charge in [0.15, 0.2) is 0 Å². The Morgan fingerprint density at radius 2 is 2.12 bits per heavy atom. The molecule has 0 radical (unpaired) electrons. The minimum absolute atomic E-state index is 0.0187. The second-order valence-corrected chi connectivity index (χ2v) is 3.80. The van der Waals surface area contributed by atoms with Gasteiger partial charge in [-0.25, -0.2) is 0 Å². The summed E-state index contributed by atoms with van der Waals surface area (Å²) in [4.78, 5) is 0. The number of allylic oxidation sites excluding steroid dienone is 2. The second kappa shape index (κ2) is 3.56. The van der Waals surface area contributed by atoms with E-state index in [0.29, 0.717) is 0 Å². The maximum atomic E-state index is 5.67. The molecule has 3 rings (SSSR count). The fourth-order valence-corrected chi connectivity index (χ4v) is 2.14. The Balaban J connectivity index is 2.37. The molecular formula is C14H12O2. The molecule has 80 valence electrons. The Bertz CT molecular complexity index is 593. The summed E-state index contributed by atoms with van der Waals surface area (Å²) in [5, 5.41) is 2.29. The molecule has 1 aromatic rings. The van der Waals surface area contributed by atoms with Crippen molar-refractivity contribution in [3.63, 3.8) is 0 Å². The molecule has 1 heterocycles. The van der Waals surface area contributed by atoms with E-state index < -0.39 is 0 Å². The van der Waals surface area contributed by atoms with Crippen LogP contribution in [0.3, 0.4) is 0 Å². The molecule has 0 saturated carbocycles. The highest BCUT2D eigenvalue weighted by Gasteiger charge is 2.22. The minimum atomic E-state index is -0.0187. The van der Waals surface area contributed by atoms with Gasteiger partial charge >= 0.3 is 0 Å². The largest absolute Gasteiger partial charge is 0.496 e. The highest BCUT2D eigenvalue weighted by Crippen LogP contribution is 2.24. The molecule has 2 nitrogen and oxygen atoms in total. The van der Waals surface area contributed by atoms with E-state index in [0.717, 1.165) is 16.6 Å². The molecule has 0 aromatic heterocycles. The van der Waals surface area contributed by atoms with Crippen molar-refractivity contribution in [2.45, 2.75) is 6.10 Å². The maximum Gasteiger partial charge on any atom is 0.146 e. The van der Waals surface area contributed by atoms with Crippen LogP contribution in [-0.2, 0) is 9.47 Å². The molecule has 0 bridgehead atoms. The zero-order chi connectivity index (χ0) is 11.0. The number of hydrogen-bond acceptors (Lipinski definition) is 2. The van der Waals surface area contributed by atoms with Gasteiger partial charge in [-0.05, 0) is 17.4 Å². The fraction of sp³-hybridized carbons (Fsp3) is 0.143. The van der Waals surface area contributed by atoms with Crippen LogP contribution >= 0.6 is 0 Å². The third-order valence-corrected chi connectivity index (χ3v) is 2.90. The number of benzene rings is 1. The SMILES string of the molecule is COC1=CC=CC2OC=c3ccccc3=C12. The molecule has 0 saturated heterocycles. The molecule has 1 aliphatic heterocycles. The van der Waals surface area contributed by atoms with E-state index in [4.69, 9.17) is 9.47 Å². The van der Waals surface area contributed by atoms with E-state index in [1.54, 1.807) is 7.11 Å². The van der Waals surface area contributed by atoms with Crippen LogP contribution in [0.25, 0.3) is 11.8 Å². The Hall–Kier alpha value is -1.96. The van der Waals surface area contributed by atoms with Gasteiger partial charge in [-0.15, -0.1) is 0 Å². The molecule has 1 unspecified atom stereocenters. The zero-order valence-corrected chi connectivity index (χ0v) is 9.01. The Labute approximate surface area is 93.8 Å². The molecule has 0 spiro atoms. The summed E-state index contributed by atoms with van der Waals surface area (Å²) in [7, 11) is 1.69. The lowest BCUT2D eigenvalue weighted by Crippen LogP contribution is -2.36. The lowest BCUT2D eigenvalue weighted by molar-refractivity contribution is 0.250. The molecule has 0 fully saturated rings. The highest BCUT2D eigenvalue weighted by molar-refractivity contribution is 5.71. The lowest BCUT2D eigenvalue weighted by Gasteiger charge is -2.24. The van der Waals surface area contributed by atoms with E-state index in [9.17, 15) is 0 Å². The Kier molecular flexibility index (Phi) is 2.07. The van der Waals surface area contributed by atoms with Crippen molar-refractivity contribution in [1.29, 1.82) is 0 Å². The monoisotopic (exact) mass is 212 g/mol. The first kappa shape index (κ1) is 9.28. The number of ether oxygens (including phenoxy) is 2. The molecule has 1 atom stereocenters. The summed E-state index contributed by atoms with van der Waals surface area (Å²) in [6, 6.07) is 8.19. The van der Waals surface area contributed by atoms with Crippen molar-refractivity contribution in [2.75, 3.05) is 7.11 Å². The van der Waals surface area contributed by atoms with Crippen molar-refractivity contribution in [1.82, 2.24) is 0 Å². The molecule has 1 aliphatic carbocycles. The van der Waals surface area contributed by atoms with Gasteiger partial charge in [-0.1, -0.05) is 30.3 Å². The highest BCUT2D eigenvalue weighted by atomic mass is 16.5. The summed E-state index contributed by atoms with van der Waals surface area (Å²) >= 11 is 0. The van der Waals surface area contributed by atoms with Crippen LogP contribution in [0.15, 0.2) is 48.3 Å². The van der Waals surface area contributed by atoms with Crippen molar-refractivity contribution in [2.24, 2.45) is 0 Å². The van der Waals surface area contributed by atoms with E-state index >= 15 is 0 Å². The summed E-state index contributed by atoms with van der Waals surface area (Å²) in [5.41, 5.74) is 1.11. The van der Waals surface area contributed by atoms with Gasteiger partial charge < -0.3 is 9.47 Å². The van der Waals surface area contributed by atoms with Crippen molar-refractivity contribution < 1.29 is 9.47 Å². The molecule has 16 heavy (non-hydrogen) atoms. The topological polar surface area (TPSA) is 18.5 Å². The summed E-state index contributed by atoms with van der Waals surface area (Å²) in [6.45, 7) is 0. The average Bonchev–Trinajstić information content (AvgIpc) is 2.37. The number of methoxy groups -OCH3 is 1. The van der Waals surface area contributed by atoms with Gasteiger partial charge in [0, 0.05) is 10.8 Å². The second-order valence-electron chi connectivity index (χ2n) is 3.80. The van der Waals surface area contributed by atoms with Gasteiger partial charge in [0.05, 0.1) is 13.4 Å². The predicted molar refractivity (Wildman–Crippen MR) is 62.7 cm³/mol. The van der Waals surface area contributed by atoms with Crippen LogP contribution < -0.4 is 10.4 Å². The third kappa shape index (κ3) is 1.27. The van der Waals surface area contributed by atoms with Gasteiger partial charge in [0.25, 0.3) is 0 Å². The van der Waals surface area contributed by atoms with Crippen LogP contribution in [0.1, 0.15) is 0 Å². The van der Waals surface area contributed by atoms with E-state index in [-0.39, 0.29) is 6.10 Å². The first-order chi connectivity index (χ1) is 7.90. The molecule has 0 amide bonds. The maximum absolute atomic E-state index is 5.67. The van der Waals surface area contributed by atoms with Crippen molar-refractivity contribution >= 4 is 11.8 Å². The summed E-state index contributed by atoms with van der Waals surface area (Å²) in [6.07, 6.45) is 7.76. The molecule has 2 aliphatic rings. The summed E-state index contributed by atoms with van der Waals surface area (Å²) in [5.74, 6) is 0.882. The fourth-order valence-electron chi connectivity index (χ4n) is 2.14. The van der Waals surface area contributed by atoms with E-state index in [2.05, 4.69) is 6.07 Å². The van der Waals surface area contributed by atoms with E-state index in [1.165, 1.54) is 5.22 Å². The van der Waals surface area contributed by atoms with Crippen molar-refractivity contribution in [3.8, 4) is 0 Å². The van der Waals surface area contributed by atoms with Gasteiger partial charge in [-0.2, -0.15) is 0 Å². The molecule has 2 heteroatoms. The van der Waals surface area contributed by atoms with Crippen LogP contribution in [0, 0.1) is 0 Å². The van der Waals surface area contributed by atoms with Gasteiger partial charge in [-0.3, -0.25) is 0 Å². The quantitative estimate of drug-likeness (QED) is 0.693. The molecular weight excluding hydrogens is 200 g/mol. The zero-order valence-electron chi connectivity index (χ0n) is 9.01. The Morgan fingerprint density at radius 3 is 3.00 bits per heavy atom. The Morgan fingerprint density at radius 1 is 1.25 bits per heavy atom. The average molecular weight is 212 g/mol. The predicted octanol–water partition coefficient (Wildman–Crippen LogP) is 1.07. The van der Waals surface area contributed by atoms with Crippen molar-refractivity contribution in [3.05, 3.63) is 58.7 Å². The third-order valence-electron chi connectivity index (χ3n) is 2.90. The van der Waals surface area contributed by atoms with Crippen LogP contribution in [0.5, 0.6) is 0 Å². The molecule has 0 N–H and O–H groups in total. The smallest absolute Gasteiger partial charge is 0.146 e. The van der Waals surface area contributed by atoms with E-state index in [1.807, 2.05) is 42.7 Å². The summed E-state index contributed by atoms with van der Waals surface area (Å²) < 4.78 is 11.1. The number of hydrogen-bond donors (Lipinski definition) is 0. The number of fused-ring (bicyclic) bond motifs is 2. The van der Waals surface area contributed by atoms with Crippen LogP contribution in [-0.4, -0.2) is 13.2 Å². The normalized spacial score (nSPS) is 21.2. The first-order valence-electron chi connectivity index (χ1n) is 5.28. The lowest BCUT2D eigenvalue weighted by atomic mass is 9.97. The van der Waals surface area contributed by atoms with Crippen LogP contribution in [0.4, 0.5) is 0 Å². The van der Waals surface area contributed by atoms with Gasteiger partial charge in [0.1, 0.15) is 11.9 Å². The van der Waals surface area contributed by atoms with Crippen LogP contribution in [0.2, 0.25) is 0 Å². The molecule has 1 aromatic carbocycles. The number of rotatable bonds is 1. The minimum Gasteiger partial charge on any atom is -0.496 e.